The number of nitrogens with one attached hydrogen (secondary N) is 3. The monoisotopic (exact) mass is 309 g/mol. The summed E-state index contributed by atoms with van der Waals surface area (Å²) < 4.78 is 0. The van der Waals surface area contributed by atoms with E-state index in [-0.39, 0.29) is 17.7 Å². The van der Waals surface area contributed by atoms with Crippen molar-refractivity contribution in [2.45, 2.75) is 31.7 Å². The molecule has 0 aromatic heterocycles. The van der Waals surface area contributed by atoms with Crippen molar-refractivity contribution in [1.29, 1.82) is 0 Å². The van der Waals surface area contributed by atoms with Crippen LogP contribution in [-0.2, 0) is 14.4 Å². The highest BCUT2D eigenvalue weighted by Gasteiger charge is 2.14. The average Bonchev–Trinajstić information content (AvgIpc) is 2.43. The molecule has 7 heteroatoms. The molecule has 0 aliphatic rings. The van der Waals surface area contributed by atoms with Crippen molar-refractivity contribution >= 4 is 29.5 Å². The Labute approximate surface area is 128 Å². The summed E-state index contributed by atoms with van der Waals surface area (Å²) in [5, 5.41) is 2.42. The first kappa shape index (κ1) is 17.0. The lowest BCUT2D eigenvalue weighted by atomic mass is 10.2. The van der Waals surface area contributed by atoms with E-state index in [1.807, 2.05) is 31.2 Å². The minimum atomic E-state index is -0.891. The SMILES string of the molecule is Cc1ccccc1SCC(=O)NNC(=O)C(=O)NC(C)C. The summed E-state index contributed by atoms with van der Waals surface area (Å²) in [5.74, 6) is -1.90. The lowest BCUT2D eigenvalue weighted by molar-refractivity contribution is -0.141. The molecule has 6 nitrogen and oxygen atoms in total. The highest BCUT2D eigenvalue weighted by atomic mass is 32.2. The molecule has 1 aromatic carbocycles. The molecule has 1 aromatic rings. The van der Waals surface area contributed by atoms with Gasteiger partial charge in [-0.05, 0) is 32.4 Å². The van der Waals surface area contributed by atoms with E-state index in [1.54, 1.807) is 13.8 Å². The zero-order valence-electron chi connectivity index (χ0n) is 12.2. The standard InChI is InChI=1S/C14H19N3O3S/c1-9(2)15-13(19)14(20)17-16-12(18)8-21-11-7-5-4-6-10(11)3/h4-7,9H,8H2,1-3H3,(H,15,19)(H,16,18)(H,17,20). The fourth-order valence-electron chi connectivity index (χ4n) is 1.41. The van der Waals surface area contributed by atoms with Gasteiger partial charge >= 0.3 is 11.8 Å². The van der Waals surface area contributed by atoms with E-state index in [9.17, 15) is 14.4 Å². The normalized spacial score (nSPS) is 10.1. The summed E-state index contributed by atoms with van der Waals surface area (Å²) in [4.78, 5) is 35.3. The van der Waals surface area contributed by atoms with Crippen LogP contribution in [0.3, 0.4) is 0 Å². The highest BCUT2D eigenvalue weighted by Crippen LogP contribution is 2.21. The smallest absolute Gasteiger partial charge is 0.327 e. The van der Waals surface area contributed by atoms with Crippen molar-refractivity contribution in [3.8, 4) is 0 Å². The van der Waals surface area contributed by atoms with Crippen LogP contribution in [0, 0.1) is 6.92 Å². The second kappa shape index (κ2) is 8.31. The number of benzene rings is 1. The Bertz CT molecular complexity index is 532. The summed E-state index contributed by atoms with van der Waals surface area (Å²) in [6.45, 7) is 5.43. The van der Waals surface area contributed by atoms with Gasteiger partial charge in [0.1, 0.15) is 0 Å². The Morgan fingerprint density at radius 1 is 1.10 bits per heavy atom. The van der Waals surface area contributed by atoms with E-state index in [4.69, 9.17) is 0 Å². The fraction of sp³-hybridized carbons (Fsp3) is 0.357. The Morgan fingerprint density at radius 3 is 2.38 bits per heavy atom. The number of carbonyl (C=O) groups excluding carboxylic acids is 3. The molecule has 0 heterocycles. The van der Waals surface area contributed by atoms with Crippen molar-refractivity contribution in [1.82, 2.24) is 16.2 Å². The topological polar surface area (TPSA) is 87.3 Å². The second-order valence-corrected chi connectivity index (χ2v) is 5.70. The molecule has 0 spiro atoms. The van der Waals surface area contributed by atoms with Crippen LogP contribution in [0.5, 0.6) is 0 Å². The van der Waals surface area contributed by atoms with E-state index in [1.165, 1.54) is 11.8 Å². The van der Waals surface area contributed by atoms with Gasteiger partial charge in [-0.3, -0.25) is 25.2 Å². The Hall–Kier alpha value is -2.02. The summed E-state index contributed by atoms with van der Waals surface area (Å²) in [7, 11) is 0. The molecule has 3 N–H and O–H groups in total. The Kier molecular flexibility index (Phi) is 6.74. The van der Waals surface area contributed by atoms with E-state index in [2.05, 4.69) is 16.2 Å². The molecule has 0 unspecified atom stereocenters. The maximum absolute atomic E-state index is 11.6. The lowest BCUT2D eigenvalue weighted by Crippen LogP contribution is -2.50. The maximum Gasteiger partial charge on any atom is 0.327 e. The van der Waals surface area contributed by atoms with Crippen LogP contribution in [0.15, 0.2) is 29.2 Å². The molecule has 3 amide bonds. The number of thioether (sulfide) groups is 1. The maximum atomic E-state index is 11.6. The van der Waals surface area contributed by atoms with Crippen molar-refractivity contribution < 1.29 is 14.4 Å². The van der Waals surface area contributed by atoms with E-state index in [0.717, 1.165) is 10.5 Å². The van der Waals surface area contributed by atoms with Crippen molar-refractivity contribution in [3.05, 3.63) is 29.8 Å². The van der Waals surface area contributed by atoms with Gasteiger partial charge in [-0.2, -0.15) is 0 Å². The number of carbonyl (C=O) groups is 3. The molecule has 0 atom stereocenters. The number of hydrogen-bond donors (Lipinski definition) is 3. The molecule has 0 aliphatic heterocycles. The summed E-state index contributed by atoms with van der Waals surface area (Å²) in [5.41, 5.74) is 5.36. The van der Waals surface area contributed by atoms with Crippen molar-refractivity contribution in [2.24, 2.45) is 0 Å². The molecule has 0 bridgehead atoms. The van der Waals surface area contributed by atoms with Gasteiger partial charge in [-0.1, -0.05) is 18.2 Å². The van der Waals surface area contributed by atoms with Crippen LogP contribution in [0.1, 0.15) is 19.4 Å². The van der Waals surface area contributed by atoms with Crippen LogP contribution in [0.4, 0.5) is 0 Å². The first-order valence-electron chi connectivity index (χ1n) is 6.48. The predicted octanol–water partition coefficient (Wildman–Crippen LogP) is 0.759. The number of aryl methyl sites for hydroxylation is 1. The molecular formula is C14H19N3O3S. The number of hydrogen-bond acceptors (Lipinski definition) is 4. The third-order valence-electron chi connectivity index (χ3n) is 2.39. The third kappa shape index (κ3) is 6.31. The van der Waals surface area contributed by atoms with Crippen LogP contribution >= 0.6 is 11.8 Å². The number of hydrazine groups is 1. The summed E-state index contributed by atoms with van der Waals surface area (Å²) in [6.07, 6.45) is 0. The van der Waals surface area contributed by atoms with Crippen molar-refractivity contribution in [2.75, 3.05) is 5.75 Å². The Balaban J connectivity index is 2.33. The van der Waals surface area contributed by atoms with E-state index in [0.29, 0.717) is 0 Å². The average molecular weight is 309 g/mol. The second-order valence-electron chi connectivity index (χ2n) is 4.68. The summed E-state index contributed by atoms with van der Waals surface area (Å²) >= 11 is 1.36. The van der Waals surface area contributed by atoms with Gasteiger partial charge in [-0.25, -0.2) is 0 Å². The van der Waals surface area contributed by atoms with Crippen molar-refractivity contribution in [3.63, 3.8) is 0 Å². The van der Waals surface area contributed by atoms with Gasteiger partial charge in [-0.15, -0.1) is 11.8 Å². The van der Waals surface area contributed by atoms with Crippen LogP contribution in [-0.4, -0.2) is 29.5 Å². The molecular weight excluding hydrogens is 290 g/mol. The highest BCUT2D eigenvalue weighted by molar-refractivity contribution is 8.00. The van der Waals surface area contributed by atoms with Gasteiger partial charge < -0.3 is 5.32 Å². The molecule has 114 valence electrons. The van der Waals surface area contributed by atoms with E-state index >= 15 is 0 Å². The quantitative estimate of drug-likeness (QED) is 0.435. The zero-order valence-corrected chi connectivity index (χ0v) is 13.0. The van der Waals surface area contributed by atoms with Gasteiger partial charge in [0.2, 0.25) is 5.91 Å². The van der Waals surface area contributed by atoms with Crippen LogP contribution in [0.2, 0.25) is 0 Å². The minimum Gasteiger partial charge on any atom is -0.346 e. The lowest BCUT2D eigenvalue weighted by Gasteiger charge is -2.10. The van der Waals surface area contributed by atoms with Gasteiger partial charge in [0.05, 0.1) is 5.75 Å². The first-order chi connectivity index (χ1) is 9.90. The molecule has 0 aliphatic carbocycles. The third-order valence-corrected chi connectivity index (χ3v) is 3.57. The number of rotatable bonds is 4. The molecule has 0 radical (unpaired) electrons. The molecule has 0 saturated heterocycles. The van der Waals surface area contributed by atoms with Crippen LogP contribution < -0.4 is 16.2 Å². The number of amides is 3. The molecule has 0 saturated carbocycles. The zero-order chi connectivity index (χ0) is 15.8. The van der Waals surface area contributed by atoms with Gasteiger partial charge in [0, 0.05) is 10.9 Å². The minimum absolute atomic E-state index is 0.143. The first-order valence-corrected chi connectivity index (χ1v) is 7.47. The largest absolute Gasteiger partial charge is 0.346 e. The Morgan fingerprint density at radius 2 is 1.76 bits per heavy atom. The van der Waals surface area contributed by atoms with Gasteiger partial charge in [0.15, 0.2) is 0 Å². The van der Waals surface area contributed by atoms with E-state index < -0.39 is 11.8 Å². The predicted molar refractivity (Wildman–Crippen MR) is 81.5 cm³/mol. The summed E-state index contributed by atoms with van der Waals surface area (Å²) in [6, 6.07) is 7.55. The molecule has 0 fully saturated rings. The molecule has 1 rings (SSSR count). The van der Waals surface area contributed by atoms with Gasteiger partial charge in [0.25, 0.3) is 0 Å². The van der Waals surface area contributed by atoms with Crippen LogP contribution in [0.25, 0.3) is 0 Å². The fourth-order valence-corrected chi connectivity index (χ4v) is 2.24. The molecule has 21 heavy (non-hydrogen) atoms.